The fourth-order valence-electron chi connectivity index (χ4n) is 3.98. The minimum atomic E-state index is -1.06. The Labute approximate surface area is 157 Å². The summed E-state index contributed by atoms with van der Waals surface area (Å²) < 4.78 is 11.2. The zero-order chi connectivity index (χ0) is 18.9. The van der Waals surface area contributed by atoms with Crippen LogP contribution in [0.5, 0.6) is 0 Å². The van der Waals surface area contributed by atoms with Gasteiger partial charge < -0.3 is 14.3 Å². The highest BCUT2D eigenvalue weighted by atomic mass is 16.5. The van der Waals surface area contributed by atoms with E-state index in [9.17, 15) is 14.7 Å². The number of likely N-dealkylation sites (tertiary alicyclic amines) is 1. The number of ether oxygens (including phenoxy) is 1. The third kappa shape index (κ3) is 3.36. The molecule has 2 fully saturated rings. The molecule has 0 radical (unpaired) electrons. The maximum atomic E-state index is 12.9. The molecule has 2 saturated heterocycles. The number of piperidine rings is 1. The summed E-state index contributed by atoms with van der Waals surface area (Å²) >= 11 is 0. The predicted molar refractivity (Wildman–Crippen MR) is 95.9 cm³/mol. The van der Waals surface area contributed by atoms with Gasteiger partial charge >= 0.3 is 5.97 Å². The van der Waals surface area contributed by atoms with E-state index in [0.717, 1.165) is 19.6 Å². The number of rotatable bonds is 4. The Bertz CT molecular complexity index is 797. The van der Waals surface area contributed by atoms with Gasteiger partial charge in [0, 0.05) is 32.5 Å². The molecule has 1 spiro atoms. The van der Waals surface area contributed by atoms with Gasteiger partial charge in [-0.2, -0.15) is 0 Å². The number of carbonyl (C=O) groups excluding carboxylic acids is 1. The number of amides is 1. The number of hydrogen-bond donors (Lipinski definition) is 1. The first-order valence-corrected chi connectivity index (χ1v) is 9.09. The molecule has 27 heavy (non-hydrogen) atoms. The van der Waals surface area contributed by atoms with Gasteiger partial charge in [-0.1, -0.05) is 30.3 Å². The molecule has 7 nitrogen and oxygen atoms in total. The first kappa shape index (κ1) is 17.8. The molecule has 7 heteroatoms. The molecular formula is C20H22N2O5. The maximum Gasteiger partial charge on any atom is 0.328 e. The molecule has 2 aromatic rings. The van der Waals surface area contributed by atoms with Crippen molar-refractivity contribution in [3.63, 3.8) is 0 Å². The van der Waals surface area contributed by atoms with Crippen LogP contribution in [0, 0.1) is 0 Å². The SMILES string of the molecule is O=C(O)[C@@H]1COC2(CCN(Cc3ccccc3)CC2)N1C(=O)c1ccco1. The number of aliphatic carboxylic acids is 1. The van der Waals surface area contributed by atoms with Crippen molar-refractivity contribution in [1.82, 2.24) is 9.80 Å². The first-order valence-electron chi connectivity index (χ1n) is 9.09. The topological polar surface area (TPSA) is 83.2 Å². The fourth-order valence-corrected chi connectivity index (χ4v) is 3.98. The van der Waals surface area contributed by atoms with Crippen molar-refractivity contribution in [3.05, 3.63) is 60.1 Å². The normalized spacial score (nSPS) is 22.2. The second kappa shape index (κ2) is 7.17. The number of carbonyl (C=O) groups is 2. The number of benzene rings is 1. The van der Waals surface area contributed by atoms with Gasteiger partial charge in [0.05, 0.1) is 12.9 Å². The van der Waals surface area contributed by atoms with Crippen LogP contribution in [0.1, 0.15) is 29.0 Å². The number of nitrogens with zero attached hydrogens (tertiary/aromatic N) is 2. The lowest BCUT2D eigenvalue weighted by atomic mass is 9.97. The summed E-state index contributed by atoms with van der Waals surface area (Å²) in [5.41, 5.74) is 0.341. The highest BCUT2D eigenvalue weighted by Crippen LogP contribution is 2.38. The smallest absolute Gasteiger partial charge is 0.328 e. The number of carboxylic acid groups (broad SMARTS) is 1. The standard InChI is InChI=1S/C20H22N2O5/c23-18(17-7-4-12-26-17)22-16(19(24)25)14-27-20(22)8-10-21(11-9-20)13-15-5-2-1-3-6-15/h1-7,12,16H,8-11,13-14H2,(H,24,25)/t16-/m0/s1. The van der Waals surface area contributed by atoms with E-state index in [2.05, 4.69) is 17.0 Å². The zero-order valence-electron chi connectivity index (χ0n) is 14.9. The van der Waals surface area contributed by atoms with Crippen LogP contribution in [0.4, 0.5) is 0 Å². The summed E-state index contributed by atoms with van der Waals surface area (Å²) in [6, 6.07) is 12.4. The third-order valence-electron chi connectivity index (χ3n) is 5.38. The first-order chi connectivity index (χ1) is 13.1. The number of carboxylic acids is 1. The van der Waals surface area contributed by atoms with Crippen LogP contribution >= 0.6 is 0 Å². The molecule has 1 amide bonds. The van der Waals surface area contributed by atoms with Crippen molar-refractivity contribution in [2.75, 3.05) is 19.7 Å². The lowest BCUT2D eigenvalue weighted by Gasteiger charge is -2.44. The predicted octanol–water partition coefficient (Wildman–Crippen LogP) is 2.20. The Balaban J connectivity index is 1.51. The molecule has 2 aliphatic rings. The van der Waals surface area contributed by atoms with Gasteiger partial charge in [0.25, 0.3) is 5.91 Å². The summed E-state index contributed by atoms with van der Waals surface area (Å²) in [7, 11) is 0. The summed E-state index contributed by atoms with van der Waals surface area (Å²) in [4.78, 5) is 28.3. The summed E-state index contributed by atoms with van der Waals surface area (Å²) in [6.45, 7) is 2.28. The molecule has 142 valence electrons. The van der Waals surface area contributed by atoms with E-state index in [4.69, 9.17) is 9.15 Å². The minimum absolute atomic E-state index is 0.000463. The van der Waals surface area contributed by atoms with Gasteiger partial charge in [-0.05, 0) is 17.7 Å². The van der Waals surface area contributed by atoms with E-state index in [-0.39, 0.29) is 12.4 Å². The van der Waals surface area contributed by atoms with Crippen LogP contribution in [0.3, 0.4) is 0 Å². The van der Waals surface area contributed by atoms with E-state index in [0.29, 0.717) is 12.8 Å². The molecule has 2 aliphatic heterocycles. The Kier molecular flexibility index (Phi) is 4.72. The van der Waals surface area contributed by atoms with Gasteiger partial charge in [0.15, 0.2) is 11.8 Å². The van der Waals surface area contributed by atoms with Crippen LogP contribution in [0.15, 0.2) is 53.1 Å². The summed E-state index contributed by atoms with van der Waals surface area (Å²) in [5.74, 6) is -1.35. The molecule has 3 heterocycles. The molecule has 0 bridgehead atoms. The highest BCUT2D eigenvalue weighted by molar-refractivity contribution is 5.95. The maximum absolute atomic E-state index is 12.9. The van der Waals surface area contributed by atoms with Crippen molar-refractivity contribution in [3.8, 4) is 0 Å². The second-order valence-electron chi connectivity index (χ2n) is 7.03. The van der Waals surface area contributed by atoms with Crippen LogP contribution in [-0.2, 0) is 16.1 Å². The van der Waals surface area contributed by atoms with E-state index < -0.39 is 23.6 Å². The third-order valence-corrected chi connectivity index (χ3v) is 5.38. The Morgan fingerprint density at radius 1 is 1.11 bits per heavy atom. The average molecular weight is 370 g/mol. The van der Waals surface area contributed by atoms with Crippen LogP contribution in [0.2, 0.25) is 0 Å². The van der Waals surface area contributed by atoms with Crippen molar-refractivity contribution < 1.29 is 23.8 Å². The average Bonchev–Trinajstić information content (AvgIpc) is 3.33. The van der Waals surface area contributed by atoms with Gasteiger partial charge in [-0.3, -0.25) is 14.6 Å². The molecule has 1 atom stereocenters. The van der Waals surface area contributed by atoms with Gasteiger partial charge in [-0.25, -0.2) is 4.79 Å². The van der Waals surface area contributed by atoms with E-state index in [1.165, 1.54) is 16.7 Å². The molecular weight excluding hydrogens is 348 g/mol. The largest absolute Gasteiger partial charge is 0.480 e. The van der Waals surface area contributed by atoms with Crippen LogP contribution < -0.4 is 0 Å². The van der Waals surface area contributed by atoms with Crippen molar-refractivity contribution in [1.29, 1.82) is 0 Å². The Morgan fingerprint density at radius 2 is 1.85 bits per heavy atom. The Morgan fingerprint density at radius 3 is 2.48 bits per heavy atom. The lowest BCUT2D eigenvalue weighted by Crippen LogP contribution is -2.58. The molecule has 0 unspecified atom stereocenters. The van der Waals surface area contributed by atoms with E-state index >= 15 is 0 Å². The van der Waals surface area contributed by atoms with Crippen LogP contribution in [-0.4, -0.2) is 58.2 Å². The Hall–Kier alpha value is -2.64. The lowest BCUT2D eigenvalue weighted by molar-refractivity contribution is -0.144. The van der Waals surface area contributed by atoms with E-state index in [1.54, 1.807) is 12.1 Å². The number of furan rings is 1. The summed E-state index contributed by atoms with van der Waals surface area (Å²) in [5, 5.41) is 9.58. The van der Waals surface area contributed by atoms with Crippen molar-refractivity contribution in [2.24, 2.45) is 0 Å². The zero-order valence-corrected chi connectivity index (χ0v) is 14.9. The fraction of sp³-hybridized carbons (Fsp3) is 0.400. The molecule has 1 aromatic carbocycles. The molecule has 1 N–H and O–H groups in total. The van der Waals surface area contributed by atoms with Crippen molar-refractivity contribution in [2.45, 2.75) is 31.2 Å². The van der Waals surface area contributed by atoms with Gasteiger partial charge in [0.2, 0.25) is 0 Å². The van der Waals surface area contributed by atoms with Gasteiger partial charge in [-0.15, -0.1) is 0 Å². The molecule has 1 aromatic heterocycles. The van der Waals surface area contributed by atoms with Crippen LogP contribution in [0.25, 0.3) is 0 Å². The minimum Gasteiger partial charge on any atom is -0.480 e. The quantitative estimate of drug-likeness (QED) is 0.888. The highest BCUT2D eigenvalue weighted by Gasteiger charge is 2.54. The number of hydrogen-bond acceptors (Lipinski definition) is 5. The van der Waals surface area contributed by atoms with Gasteiger partial charge in [0.1, 0.15) is 5.72 Å². The monoisotopic (exact) mass is 370 g/mol. The second-order valence-corrected chi connectivity index (χ2v) is 7.03. The molecule has 0 saturated carbocycles. The van der Waals surface area contributed by atoms with E-state index in [1.807, 2.05) is 18.2 Å². The summed E-state index contributed by atoms with van der Waals surface area (Å²) in [6.07, 6.45) is 2.54. The molecule has 4 rings (SSSR count). The van der Waals surface area contributed by atoms with Crippen molar-refractivity contribution >= 4 is 11.9 Å². The molecule has 0 aliphatic carbocycles.